The zero-order valence-corrected chi connectivity index (χ0v) is 12.4. The van der Waals surface area contributed by atoms with Crippen molar-refractivity contribution in [2.45, 2.75) is 45.1 Å². The summed E-state index contributed by atoms with van der Waals surface area (Å²) in [6.45, 7) is 1.80. The van der Waals surface area contributed by atoms with Gasteiger partial charge in [-0.15, -0.1) is 5.92 Å². The molecule has 0 heterocycles. The maximum absolute atomic E-state index is 11.9. The summed E-state index contributed by atoms with van der Waals surface area (Å²) in [5, 5.41) is 2.77. The van der Waals surface area contributed by atoms with E-state index in [9.17, 15) is 4.79 Å². The van der Waals surface area contributed by atoms with Gasteiger partial charge in [0.25, 0.3) is 0 Å². The summed E-state index contributed by atoms with van der Waals surface area (Å²) in [4.78, 5) is 11.9. The van der Waals surface area contributed by atoms with Gasteiger partial charge in [0, 0.05) is 11.3 Å². The molecule has 1 atom stereocenters. The highest BCUT2D eigenvalue weighted by Gasteiger charge is 2.14. The quantitative estimate of drug-likeness (QED) is 0.641. The van der Waals surface area contributed by atoms with Crippen molar-refractivity contribution in [3.05, 3.63) is 42.0 Å². The number of allylic oxidation sites excluding steroid dienone is 2. The fourth-order valence-electron chi connectivity index (χ4n) is 2.32. The molecule has 1 N–H and O–H groups in total. The third kappa shape index (κ3) is 5.35. The zero-order chi connectivity index (χ0) is 14.9. The normalized spacial score (nSPS) is 19.4. The minimum absolute atomic E-state index is 0.0141. The fourth-order valence-corrected chi connectivity index (χ4v) is 2.32. The second kappa shape index (κ2) is 8.16. The van der Waals surface area contributed by atoms with Gasteiger partial charge in [0.05, 0.1) is 0 Å². The molecule has 0 aliphatic heterocycles. The van der Waals surface area contributed by atoms with Crippen LogP contribution < -0.4 is 5.32 Å². The second-order valence-corrected chi connectivity index (χ2v) is 5.08. The number of anilines is 1. The third-order valence-corrected chi connectivity index (χ3v) is 3.39. The first-order chi connectivity index (χ1) is 10.3. The lowest BCUT2D eigenvalue weighted by Gasteiger charge is -2.18. The lowest BCUT2D eigenvalue weighted by Crippen LogP contribution is -2.22. The van der Waals surface area contributed by atoms with Gasteiger partial charge in [-0.2, -0.15) is 0 Å². The Kier molecular flexibility index (Phi) is 5.90. The molecule has 0 aromatic heterocycles. The van der Waals surface area contributed by atoms with Gasteiger partial charge in [-0.05, 0) is 63.3 Å². The highest BCUT2D eigenvalue weighted by Crippen LogP contribution is 2.17. The maximum Gasteiger partial charge on any atom is 0.411 e. The summed E-state index contributed by atoms with van der Waals surface area (Å²) in [6, 6.07) is 7.43. The van der Waals surface area contributed by atoms with Crippen LogP contribution in [-0.2, 0) is 4.74 Å². The Hall–Kier alpha value is -2.21. The predicted molar refractivity (Wildman–Crippen MR) is 85.1 cm³/mol. The largest absolute Gasteiger partial charge is 0.446 e. The van der Waals surface area contributed by atoms with Crippen LogP contribution in [0.1, 0.15) is 44.6 Å². The second-order valence-electron chi connectivity index (χ2n) is 5.08. The van der Waals surface area contributed by atoms with Crippen molar-refractivity contribution in [3.8, 4) is 11.8 Å². The highest BCUT2D eigenvalue weighted by atomic mass is 16.6. The lowest BCUT2D eigenvalue weighted by atomic mass is 10.0. The van der Waals surface area contributed by atoms with Crippen molar-refractivity contribution in [3.63, 3.8) is 0 Å². The summed E-state index contributed by atoms with van der Waals surface area (Å²) >= 11 is 0. The summed E-state index contributed by atoms with van der Waals surface area (Å²) in [7, 11) is 0. The topological polar surface area (TPSA) is 38.3 Å². The van der Waals surface area contributed by atoms with E-state index in [1.54, 1.807) is 6.92 Å². The first-order valence-electron chi connectivity index (χ1n) is 7.43. The van der Waals surface area contributed by atoms with E-state index in [2.05, 4.69) is 29.3 Å². The molecule has 0 fully saturated rings. The van der Waals surface area contributed by atoms with E-state index in [-0.39, 0.29) is 12.2 Å². The first kappa shape index (κ1) is 15.2. The lowest BCUT2D eigenvalue weighted by molar-refractivity contribution is 0.0985. The van der Waals surface area contributed by atoms with Crippen LogP contribution in [0.25, 0.3) is 0 Å². The van der Waals surface area contributed by atoms with Gasteiger partial charge >= 0.3 is 6.09 Å². The maximum atomic E-state index is 11.9. The predicted octanol–water partition coefficient (Wildman–Crippen LogP) is 4.50. The standard InChI is InChI=1S/C18H21NO2/c1-2-8-15-11-13-16(14-12-15)19-18(20)21-17-9-6-4-3-5-7-10-17/h3-4,11-14,17H,5-7,9-10H2,1H3,(H,19,20)/b4-3+/t17-/m1/s1. The van der Waals surface area contributed by atoms with E-state index in [0.717, 1.165) is 43.4 Å². The van der Waals surface area contributed by atoms with E-state index in [1.165, 1.54) is 0 Å². The Morgan fingerprint density at radius 3 is 2.71 bits per heavy atom. The van der Waals surface area contributed by atoms with Gasteiger partial charge in [0.15, 0.2) is 0 Å². The molecule has 2 rings (SSSR count). The number of carbonyl (C=O) groups excluding carboxylic acids is 1. The number of carbonyl (C=O) groups is 1. The summed E-state index contributed by atoms with van der Waals surface area (Å²) < 4.78 is 5.50. The van der Waals surface area contributed by atoms with Crippen LogP contribution in [0.5, 0.6) is 0 Å². The smallest absolute Gasteiger partial charge is 0.411 e. The van der Waals surface area contributed by atoms with Crippen molar-refractivity contribution in [1.82, 2.24) is 0 Å². The van der Waals surface area contributed by atoms with Crippen LogP contribution in [0, 0.1) is 11.8 Å². The number of ether oxygens (including phenoxy) is 1. The van der Waals surface area contributed by atoms with Crippen molar-refractivity contribution >= 4 is 11.8 Å². The van der Waals surface area contributed by atoms with E-state index < -0.39 is 0 Å². The zero-order valence-electron chi connectivity index (χ0n) is 12.4. The molecule has 0 saturated carbocycles. The van der Waals surface area contributed by atoms with Gasteiger partial charge in [0.1, 0.15) is 6.10 Å². The average molecular weight is 283 g/mol. The molecule has 0 saturated heterocycles. The fraction of sp³-hybridized carbons (Fsp3) is 0.389. The Bertz CT molecular complexity index is 549. The number of amides is 1. The molecule has 1 amide bonds. The van der Waals surface area contributed by atoms with Crippen LogP contribution >= 0.6 is 0 Å². The van der Waals surface area contributed by atoms with Crippen molar-refractivity contribution in [2.24, 2.45) is 0 Å². The molecular weight excluding hydrogens is 262 g/mol. The van der Waals surface area contributed by atoms with Gasteiger partial charge in [0.2, 0.25) is 0 Å². The Labute approximate surface area is 126 Å². The Morgan fingerprint density at radius 2 is 1.95 bits per heavy atom. The Morgan fingerprint density at radius 1 is 1.19 bits per heavy atom. The Balaban J connectivity index is 1.85. The number of nitrogens with one attached hydrogen (secondary N) is 1. The van der Waals surface area contributed by atoms with E-state index >= 15 is 0 Å². The van der Waals surface area contributed by atoms with Crippen LogP contribution in [-0.4, -0.2) is 12.2 Å². The minimum atomic E-state index is -0.376. The monoisotopic (exact) mass is 283 g/mol. The molecule has 1 aliphatic carbocycles. The van der Waals surface area contributed by atoms with Crippen LogP contribution in [0.2, 0.25) is 0 Å². The van der Waals surface area contributed by atoms with Crippen LogP contribution in [0.3, 0.4) is 0 Å². The third-order valence-electron chi connectivity index (χ3n) is 3.39. The molecule has 0 spiro atoms. The summed E-state index contributed by atoms with van der Waals surface area (Å²) in [6.07, 6.45) is 8.96. The molecule has 110 valence electrons. The SMILES string of the molecule is CC#Cc1ccc(NC(=O)O[C@@H]2CC/C=C/CCC2)cc1. The summed E-state index contributed by atoms with van der Waals surface area (Å²) in [5.74, 6) is 5.81. The molecule has 1 aromatic carbocycles. The molecule has 3 nitrogen and oxygen atoms in total. The molecule has 3 heteroatoms. The molecule has 0 bridgehead atoms. The summed E-state index contributed by atoms with van der Waals surface area (Å²) in [5.41, 5.74) is 1.66. The van der Waals surface area contributed by atoms with Crippen molar-refractivity contribution in [2.75, 3.05) is 5.32 Å². The van der Waals surface area contributed by atoms with Gasteiger partial charge in [-0.25, -0.2) is 4.79 Å². The van der Waals surface area contributed by atoms with E-state index in [0.29, 0.717) is 0 Å². The van der Waals surface area contributed by atoms with Crippen LogP contribution in [0.15, 0.2) is 36.4 Å². The molecule has 1 aromatic rings. The van der Waals surface area contributed by atoms with Gasteiger partial charge in [-0.1, -0.05) is 18.1 Å². The number of hydrogen-bond acceptors (Lipinski definition) is 2. The molecule has 1 aliphatic rings. The highest BCUT2D eigenvalue weighted by molar-refractivity contribution is 5.84. The number of rotatable bonds is 2. The van der Waals surface area contributed by atoms with Gasteiger partial charge < -0.3 is 4.74 Å². The van der Waals surface area contributed by atoms with E-state index in [4.69, 9.17) is 4.74 Å². The van der Waals surface area contributed by atoms with Gasteiger partial charge in [-0.3, -0.25) is 5.32 Å². The first-order valence-corrected chi connectivity index (χ1v) is 7.43. The molecule has 21 heavy (non-hydrogen) atoms. The molecule has 0 radical (unpaired) electrons. The molecule has 0 unspecified atom stereocenters. The average Bonchev–Trinajstić information content (AvgIpc) is 2.44. The van der Waals surface area contributed by atoms with E-state index in [1.807, 2.05) is 24.3 Å². The number of benzene rings is 1. The van der Waals surface area contributed by atoms with Crippen LogP contribution in [0.4, 0.5) is 10.5 Å². The van der Waals surface area contributed by atoms with Crippen molar-refractivity contribution in [1.29, 1.82) is 0 Å². The number of hydrogen-bond donors (Lipinski definition) is 1. The molecular formula is C18H21NO2. The minimum Gasteiger partial charge on any atom is -0.446 e. The van der Waals surface area contributed by atoms with Crippen molar-refractivity contribution < 1.29 is 9.53 Å².